The molecule has 19 heavy (non-hydrogen) atoms. The predicted octanol–water partition coefficient (Wildman–Crippen LogP) is 1.66. The van der Waals surface area contributed by atoms with Gasteiger partial charge in [-0.05, 0) is 32.1 Å². The van der Waals surface area contributed by atoms with E-state index in [9.17, 15) is 9.59 Å². The number of hydrogen-bond acceptors (Lipinski definition) is 4. The predicted molar refractivity (Wildman–Crippen MR) is 65.5 cm³/mol. The third-order valence-corrected chi connectivity index (χ3v) is 4.47. The zero-order valence-electron chi connectivity index (χ0n) is 10.7. The molecule has 1 saturated carbocycles. The molecule has 1 saturated heterocycles. The summed E-state index contributed by atoms with van der Waals surface area (Å²) in [5.74, 6) is -1.58. The van der Waals surface area contributed by atoms with Gasteiger partial charge >= 0.3 is 11.9 Å². The first kappa shape index (κ1) is 12.7. The van der Waals surface area contributed by atoms with Gasteiger partial charge in [-0.3, -0.25) is 9.59 Å². The van der Waals surface area contributed by atoms with Gasteiger partial charge in [-0.2, -0.15) is 0 Å². The van der Waals surface area contributed by atoms with Gasteiger partial charge in [0, 0.05) is 5.92 Å². The van der Waals surface area contributed by atoms with E-state index in [1.54, 1.807) is 0 Å². The van der Waals surface area contributed by atoms with Crippen LogP contribution in [0.2, 0.25) is 0 Å². The third-order valence-electron chi connectivity index (χ3n) is 4.47. The van der Waals surface area contributed by atoms with Crippen LogP contribution in [0.4, 0.5) is 0 Å². The Morgan fingerprint density at radius 2 is 2.05 bits per heavy atom. The molecule has 2 bridgehead atoms. The Labute approximate surface area is 111 Å². The molecule has 5 heteroatoms. The maximum atomic E-state index is 11.7. The number of rotatable bonds is 4. The summed E-state index contributed by atoms with van der Waals surface area (Å²) in [6.45, 7) is 0. The van der Waals surface area contributed by atoms with Crippen LogP contribution in [0.1, 0.15) is 38.5 Å². The highest BCUT2D eigenvalue weighted by atomic mass is 16.6. The standard InChI is InChI=1S/C14H18O5/c15-12(16)8-13(17)19-14(5-1-2-6-14)10-7-9-3-4-11(10)18-9/h3-4,9-11H,1-2,5-8H2,(H,15,16). The van der Waals surface area contributed by atoms with E-state index in [1.165, 1.54) is 0 Å². The number of hydrogen-bond donors (Lipinski definition) is 1. The van der Waals surface area contributed by atoms with Gasteiger partial charge in [-0.25, -0.2) is 0 Å². The molecule has 2 heterocycles. The van der Waals surface area contributed by atoms with Crippen LogP contribution in [0.5, 0.6) is 0 Å². The monoisotopic (exact) mass is 266 g/mol. The number of fused-ring (bicyclic) bond motifs is 2. The molecule has 2 aliphatic heterocycles. The number of esters is 1. The summed E-state index contributed by atoms with van der Waals surface area (Å²) in [5.41, 5.74) is -0.503. The van der Waals surface area contributed by atoms with Crippen molar-refractivity contribution in [3.63, 3.8) is 0 Å². The fourth-order valence-electron chi connectivity index (χ4n) is 3.70. The molecule has 0 spiro atoms. The lowest BCUT2D eigenvalue weighted by Crippen LogP contribution is -2.44. The first-order chi connectivity index (χ1) is 9.09. The van der Waals surface area contributed by atoms with E-state index in [0.29, 0.717) is 0 Å². The molecule has 5 nitrogen and oxygen atoms in total. The van der Waals surface area contributed by atoms with Crippen molar-refractivity contribution in [3.05, 3.63) is 12.2 Å². The van der Waals surface area contributed by atoms with Gasteiger partial charge in [0.1, 0.15) is 12.0 Å². The van der Waals surface area contributed by atoms with Crippen LogP contribution in [0, 0.1) is 5.92 Å². The molecule has 3 atom stereocenters. The summed E-state index contributed by atoms with van der Waals surface area (Å²) in [6, 6.07) is 0. The number of carbonyl (C=O) groups is 2. The summed E-state index contributed by atoms with van der Waals surface area (Å²) >= 11 is 0. The van der Waals surface area contributed by atoms with Crippen LogP contribution in [0.15, 0.2) is 12.2 Å². The molecule has 3 aliphatic rings. The van der Waals surface area contributed by atoms with Crippen LogP contribution >= 0.6 is 0 Å². The van der Waals surface area contributed by atoms with Crippen molar-refractivity contribution in [2.45, 2.75) is 56.3 Å². The topological polar surface area (TPSA) is 72.8 Å². The lowest BCUT2D eigenvalue weighted by atomic mass is 9.78. The normalized spacial score (nSPS) is 34.6. The van der Waals surface area contributed by atoms with Gasteiger partial charge in [0.05, 0.1) is 12.2 Å². The SMILES string of the molecule is O=C(O)CC(=O)OC1(C2CC3C=CC2O3)CCCC1. The van der Waals surface area contributed by atoms with Crippen LogP contribution in [0.25, 0.3) is 0 Å². The van der Waals surface area contributed by atoms with Gasteiger partial charge < -0.3 is 14.6 Å². The molecule has 2 fully saturated rings. The molecule has 0 radical (unpaired) electrons. The van der Waals surface area contributed by atoms with Gasteiger partial charge in [-0.1, -0.05) is 12.2 Å². The van der Waals surface area contributed by atoms with Crippen molar-refractivity contribution in [3.8, 4) is 0 Å². The van der Waals surface area contributed by atoms with Crippen molar-refractivity contribution in [2.75, 3.05) is 0 Å². The minimum absolute atomic E-state index is 0.0285. The highest BCUT2D eigenvalue weighted by Gasteiger charge is 2.53. The number of carboxylic acid groups (broad SMARTS) is 1. The largest absolute Gasteiger partial charge is 0.481 e. The summed E-state index contributed by atoms with van der Waals surface area (Å²) in [5, 5.41) is 8.68. The molecule has 0 aromatic rings. The smallest absolute Gasteiger partial charge is 0.317 e. The third kappa shape index (κ3) is 2.27. The fourth-order valence-corrected chi connectivity index (χ4v) is 3.70. The Hall–Kier alpha value is -1.36. The van der Waals surface area contributed by atoms with Crippen LogP contribution in [0.3, 0.4) is 0 Å². The molecule has 1 aliphatic carbocycles. The average Bonchev–Trinajstić information content (AvgIpc) is 3.02. The second kappa shape index (κ2) is 4.63. The molecular formula is C14H18O5. The van der Waals surface area contributed by atoms with Crippen molar-refractivity contribution in [1.82, 2.24) is 0 Å². The maximum Gasteiger partial charge on any atom is 0.317 e. The molecule has 3 unspecified atom stereocenters. The van der Waals surface area contributed by atoms with E-state index in [4.69, 9.17) is 14.6 Å². The van der Waals surface area contributed by atoms with Crippen molar-refractivity contribution < 1.29 is 24.2 Å². The summed E-state index contributed by atoms with van der Waals surface area (Å²) in [6.07, 6.45) is 8.29. The quantitative estimate of drug-likeness (QED) is 0.476. The van der Waals surface area contributed by atoms with Crippen LogP contribution in [-0.2, 0) is 19.1 Å². The minimum Gasteiger partial charge on any atom is -0.481 e. The van der Waals surface area contributed by atoms with Crippen LogP contribution in [-0.4, -0.2) is 34.9 Å². The zero-order valence-corrected chi connectivity index (χ0v) is 10.7. The minimum atomic E-state index is -1.14. The maximum absolute atomic E-state index is 11.7. The Morgan fingerprint density at radius 3 is 2.58 bits per heavy atom. The second-order valence-electron chi connectivity index (χ2n) is 5.68. The molecule has 3 rings (SSSR count). The summed E-state index contributed by atoms with van der Waals surface area (Å²) < 4.78 is 11.4. The molecule has 0 amide bonds. The first-order valence-corrected chi connectivity index (χ1v) is 6.86. The number of carbonyl (C=O) groups excluding carboxylic acids is 1. The number of carboxylic acids is 1. The van der Waals surface area contributed by atoms with Crippen molar-refractivity contribution >= 4 is 11.9 Å². The lowest BCUT2D eigenvalue weighted by molar-refractivity contribution is -0.170. The summed E-state index contributed by atoms with van der Waals surface area (Å²) in [4.78, 5) is 22.3. The highest BCUT2D eigenvalue weighted by Crippen LogP contribution is 2.49. The van der Waals surface area contributed by atoms with E-state index in [-0.39, 0.29) is 18.1 Å². The lowest BCUT2D eigenvalue weighted by Gasteiger charge is -2.37. The van der Waals surface area contributed by atoms with Gasteiger partial charge in [0.25, 0.3) is 0 Å². The molecule has 104 valence electrons. The molecule has 0 aromatic heterocycles. The van der Waals surface area contributed by atoms with E-state index in [2.05, 4.69) is 6.08 Å². The Kier molecular flexibility index (Phi) is 3.09. The molecule has 0 aromatic carbocycles. The van der Waals surface area contributed by atoms with E-state index in [0.717, 1.165) is 32.1 Å². The summed E-state index contributed by atoms with van der Waals surface area (Å²) in [7, 11) is 0. The second-order valence-corrected chi connectivity index (χ2v) is 5.68. The van der Waals surface area contributed by atoms with Crippen LogP contribution < -0.4 is 0 Å². The number of aliphatic carboxylic acids is 1. The van der Waals surface area contributed by atoms with Crippen molar-refractivity contribution in [1.29, 1.82) is 0 Å². The Balaban J connectivity index is 1.74. The molecular weight excluding hydrogens is 248 g/mol. The Morgan fingerprint density at radius 1 is 1.32 bits per heavy atom. The highest BCUT2D eigenvalue weighted by molar-refractivity contribution is 5.90. The van der Waals surface area contributed by atoms with E-state index >= 15 is 0 Å². The van der Waals surface area contributed by atoms with E-state index in [1.807, 2.05) is 6.08 Å². The first-order valence-electron chi connectivity index (χ1n) is 6.86. The van der Waals surface area contributed by atoms with Gasteiger partial charge in [0.2, 0.25) is 0 Å². The fraction of sp³-hybridized carbons (Fsp3) is 0.714. The van der Waals surface area contributed by atoms with Gasteiger partial charge in [-0.15, -0.1) is 0 Å². The zero-order chi connectivity index (χ0) is 13.5. The van der Waals surface area contributed by atoms with Crippen molar-refractivity contribution in [2.24, 2.45) is 5.92 Å². The number of ether oxygens (including phenoxy) is 2. The Bertz CT molecular complexity index is 422. The van der Waals surface area contributed by atoms with Gasteiger partial charge in [0.15, 0.2) is 0 Å². The average molecular weight is 266 g/mol. The molecule has 1 N–H and O–H groups in total. The van der Waals surface area contributed by atoms with E-state index < -0.39 is 24.0 Å².